The fraction of sp³-hybridized carbons (Fsp3) is 0.583. The molecule has 1 aromatic rings. The van der Waals surface area contributed by atoms with Gasteiger partial charge in [0.05, 0.1) is 23.6 Å². The van der Waals surface area contributed by atoms with Gasteiger partial charge in [-0.15, -0.1) is 11.3 Å². The predicted molar refractivity (Wildman–Crippen MR) is 73.1 cm³/mol. The number of hydrogen-bond donors (Lipinski definition) is 0. The maximum atomic E-state index is 12.4. The molecule has 1 aromatic heterocycles. The van der Waals surface area contributed by atoms with E-state index in [1.54, 1.807) is 6.07 Å². The van der Waals surface area contributed by atoms with Gasteiger partial charge in [0.1, 0.15) is 0 Å². The lowest BCUT2D eigenvalue weighted by molar-refractivity contribution is -0.0585. The van der Waals surface area contributed by atoms with E-state index in [1.807, 2.05) is 24.8 Å². The lowest BCUT2D eigenvalue weighted by atomic mass is 10.2. The van der Waals surface area contributed by atoms with E-state index in [0.717, 1.165) is 4.88 Å². The molecule has 7 heteroatoms. The Balaban J connectivity index is 2.06. The number of azide groups is 1. The topological polar surface area (TPSA) is 78.3 Å². The number of thiophene rings is 1. The smallest absolute Gasteiger partial charge is 0.264 e. The van der Waals surface area contributed by atoms with Crippen LogP contribution in [0.2, 0.25) is 0 Å². The Kier molecular flexibility index (Phi) is 4.42. The van der Waals surface area contributed by atoms with Crippen LogP contribution < -0.4 is 0 Å². The molecule has 0 bridgehead atoms. The van der Waals surface area contributed by atoms with Crippen LogP contribution in [0.5, 0.6) is 0 Å². The third kappa shape index (κ3) is 3.47. The quantitative estimate of drug-likeness (QED) is 0.485. The zero-order valence-corrected chi connectivity index (χ0v) is 11.8. The standard InChI is InChI=1S/C12H16N4O2S/c1-8-6-16(7-9(2)18-8)12(17)11-4-3-10(19-11)5-14-15-13/h3-4,8-9H,5-7H2,1-2H3. The first-order valence-electron chi connectivity index (χ1n) is 6.14. The van der Waals surface area contributed by atoms with Gasteiger partial charge in [-0.25, -0.2) is 0 Å². The molecule has 2 atom stereocenters. The summed E-state index contributed by atoms with van der Waals surface area (Å²) in [4.78, 5) is 18.5. The van der Waals surface area contributed by atoms with Crippen molar-refractivity contribution in [1.82, 2.24) is 4.90 Å². The third-order valence-electron chi connectivity index (χ3n) is 2.87. The first-order valence-corrected chi connectivity index (χ1v) is 6.96. The van der Waals surface area contributed by atoms with Crippen LogP contribution >= 0.6 is 11.3 Å². The van der Waals surface area contributed by atoms with Gasteiger partial charge in [0.2, 0.25) is 0 Å². The van der Waals surface area contributed by atoms with Crippen LogP contribution in [0.3, 0.4) is 0 Å². The van der Waals surface area contributed by atoms with Gasteiger partial charge < -0.3 is 9.64 Å². The average molecular weight is 280 g/mol. The Morgan fingerprint density at radius 1 is 1.53 bits per heavy atom. The number of hydrogen-bond acceptors (Lipinski definition) is 4. The third-order valence-corrected chi connectivity index (χ3v) is 3.93. The summed E-state index contributed by atoms with van der Waals surface area (Å²) in [5.41, 5.74) is 8.28. The van der Waals surface area contributed by atoms with Crippen LogP contribution in [-0.4, -0.2) is 36.1 Å². The zero-order valence-electron chi connectivity index (χ0n) is 10.9. The van der Waals surface area contributed by atoms with Crippen molar-refractivity contribution >= 4 is 17.2 Å². The van der Waals surface area contributed by atoms with Crippen LogP contribution in [0.15, 0.2) is 17.2 Å². The molecule has 1 aliphatic rings. The number of ether oxygens (including phenoxy) is 1. The highest BCUT2D eigenvalue weighted by Gasteiger charge is 2.27. The first-order chi connectivity index (χ1) is 9.10. The maximum Gasteiger partial charge on any atom is 0.264 e. The lowest BCUT2D eigenvalue weighted by Crippen LogP contribution is -2.48. The van der Waals surface area contributed by atoms with Crippen molar-refractivity contribution in [1.29, 1.82) is 0 Å². The molecule has 0 radical (unpaired) electrons. The van der Waals surface area contributed by atoms with Crippen LogP contribution in [0.1, 0.15) is 28.4 Å². The van der Waals surface area contributed by atoms with Gasteiger partial charge >= 0.3 is 0 Å². The van der Waals surface area contributed by atoms with E-state index < -0.39 is 0 Å². The molecule has 2 heterocycles. The molecule has 102 valence electrons. The summed E-state index contributed by atoms with van der Waals surface area (Å²) in [6, 6.07) is 3.62. The number of amides is 1. The summed E-state index contributed by atoms with van der Waals surface area (Å²) in [5, 5.41) is 3.50. The molecule has 0 saturated carbocycles. The average Bonchev–Trinajstić information content (AvgIpc) is 2.83. The van der Waals surface area contributed by atoms with Gasteiger partial charge in [-0.2, -0.15) is 0 Å². The molecule has 0 spiro atoms. The van der Waals surface area contributed by atoms with Gasteiger partial charge in [0.15, 0.2) is 0 Å². The maximum absolute atomic E-state index is 12.4. The van der Waals surface area contributed by atoms with E-state index in [4.69, 9.17) is 10.3 Å². The van der Waals surface area contributed by atoms with Gasteiger partial charge in [0.25, 0.3) is 5.91 Å². The summed E-state index contributed by atoms with van der Waals surface area (Å²) in [6.07, 6.45) is 0.130. The van der Waals surface area contributed by atoms with E-state index in [1.165, 1.54) is 11.3 Å². The van der Waals surface area contributed by atoms with Crippen LogP contribution in [0.4, 0.5) is 0 Å². The largest absolute Gasteiger partial charge is 0.372 e. The Hall–Kier alpha value is -1.56. The molecular formula is C12H16N4O2S. The summed E-state index contributed by atoms with van der Waals surface area (Å²) >= 11 is 1.38. The molecule has 1 amide bonds. The highest BCUT2D eigenvalue weighted by molar-refractivity contribution is 7.14. The molecule has 2 unspecified atom stereocenters. The fourth-order valence-electron chi connectivity index (χ4n) is 2.18. The van der Waals surface area contributed by atoms with E-state index in [0.29, 0.717) is 24.5 Å². The summed E-state index contributed by atoms with van der Waals surface area (Å²) in [6.45, 7) is 5.47. The molecule has 2 rings (SSSR count). The summed E-state index contributed by atoms with van der Waals surface area (Å²) < 4.78 is 5.62. The monoisotopic (exact) mass is 280 g/mol. The highest BCUT2D eigenvalue weighted by atomic mass is 32.1. The summed E-state index contributed by atoms with van der Waals surface area (Å²) in [7, 11) is 0. The lowest BCUT2D eigenvalue weighted by Gasteiger charge is -2.35. The first kappa shape index (κ1) is 13.9. The van der Waals surface area contributed by atoms with E-state index in [9.17, 15) is 4.79 Å². The molecule has 1 saturated heterocycles. The van der Waals surface area contributed by atoms with Crippen LogP contribution in [0.25, 0.3) is 10.4 Å². The second kappa shape index (κ2) is 6.06. The SMILES string of the molecule is CC1CN(C(=O)c2ccc(CN=[N+]=[N-])s2)CC(C)O1. The molecule has 0 N–H and O–H groups in total. The Morgan fingerprint density at radius 3 is 2.84 bits per heavy atom. The number of nitrogens with zero attached hydrogens (tertiary/aromatic N) is 4. The van der Waals surface area contributed by atoms with Gasteiger partial charge in [-0.1, -0.05) is 5.11 Å². The number of carbonyl (C=O) groups excluding carboxylic acids is 1. The molecule has 19 heavy (non-hydrogen) atoms. The van der Waals surface area contributed by atoms with Crippen LogP contribution in [-0.2, 0) is 11.3 Å². The molecule has 0 aliphatic carbocycles. The van der Waals surface area contributed by atoms with E-state index in [2.05, 4.69) is 10.0 Å². The van der Waals surface area contributed by atoms with Crippen molar-refractivity contribution in [3.8, 4) is 0 Å². The second-order valence-electron chi connectivity index (χ2n) is 4.62. The van der Waals surface area contributed by atoms with Crippen molar-refractivity contribution < 1.29 is 9.53 Å². The number of morpholine rings is 1. The van der Waals surface area contributed by atoms with Crippen molar-refractivity contribution in [3.63, 3.8) is 0 Å². The highest BCUT2D eigenvalue weighted by Crippen LogP contribution is 2.21. The minimum Gasteiger partial charge on any atom is -0.372 e. The molecule has 1 fully saturated rings. The zero-order chi connectivity index (χ0) is 13.8. The Bertz CT molecular complexity index is 500. The second-order valence-corrected chi connectivity index (χ2v) is 5.79. The molecular weight excluding hydrogens is 264 g/mol. The van der Waals surface area contributed by atoms with E-state index in [-0.39, 0.29) is 18.1 Å². The number of rotatable bonds is 3. The van der Waals surface area contributed by atoms with Crippen molar-refractivity contribution in [2.24, 2.45) is 5.11 Å². The van der Waals surface area contributed by atoms with Gasteiger partial charge in [0, 0.05) is 22.9 Å². The minimum absolute atomic E-state index is 0.0270. The summed E-state index contributed by atoms with van der Waals surface area (Å²) in [5.74, 6) is 0.0270. The fourth-order valence-corrected chi connectivity index (χ4v) is 3.07. The van der Waals surface area contributed by atoms with E-state index >= 15 is 0 Å². The molecule has 0 aromatic carbocycles. The Labute approximate surface area is 115 Å². The van der Waals surface area contributed by atoms with Gasteiger partial charge in [-0.05, 0) is 31.5 Å². The normalized spacial score (nSPS) is 22.9. The minimum atomic E-state index is 0.0270. The predicted octanol–water partition coefficient (Wildman–Crippen LogP) is 2.81. The molecule has 6 nitrogen and oxygen atoms in total. The molecule has 1 aliphatic heterocycles. The Morgan fingerprint density at radius 2 is 2.21 bits per heavy atom. The van der Waals surface area contributed by atoms with Crippen molar-refractivity contribution in [2.75, 3.05) is 13.1 Å². The van der Waals surface area contributed by atoms with Gasteiger partial charge in [-0.3, -0.25) is 4.79 Å². The number of carbonyl (C=O) groups is 1. The van der Waals surface area contributed by atoms with Crippen LogP contribution in [0, 0.1) is 0 Å². The van der Waals surface area contributed by atoms with Crippen molar-refractivity contribution in [3.05, 3.63) is 32.3 Å². The van der Waals surface area contributed by atoms with Crippen molar-refractivity contribution in [2.45, 2.75) is 32.6 Å².